The van der Waals surface area contributed by atoms with Crippen LogP contribution in [0.1, 0.15) is 44.1 Å². The molecule has 3 aromatic carbocycles. The average Bonchev–Trinajstić information content (AvgIpc) is 3.54. The predicted molar refractivity (Wildman–Crippen MR) is 157 cm³/mol. The summed E-state index contributed by atoms with van der Waals surface area (Å²) in [6, 6.07) is 23.3. The van der Waals surface area contributed by atoms with Crippen LogP contribution in [0.2, 0.25) is 0 Å². The number of thiophene rings is 1. The maximum atomic E-state index is 13.0. The number of amides is 1. The summed E-state index contributed by atoms with van der Waals surface area (Å²) in [6.45, 7) is 6.83. The minimum atomic E-state index is -0.136. The fourth-order valence-corrected chi connectivity index (χ4v) is 5.80. The van der Waals surface area contributed by atoms with Gasteiger partial charge in [0.2, 0.25) is 0 Å². The Morgan fingerprint density at radius 2 is 1.78 bits per heavy atom. The Hall–Kier alpha value is -3.96. The highest BCUT2D eigenvalue weighted by molar-refractivity contribution is 7.26. The van der Waals surface area contributed by atoms with Crippen LogP contribution >= 0.6 is 11.3 Å². The van der Waals surface area contributed by atoms with Gasteiger partial charge >= 0.3 is 0 Å². The summed E-state index contributed by atoms with van der Waals surface area (Å²) in [6.07, 6.45) is 9.68. The average molecular weight is 506 g/mol. The number of nitrogens with zero attached hydrogens (tertiary/aromatic N) is 2. The lowest BCUT2D eigenvalue weighted by Crippen LogP contribution is -2.25. The molecule has 0 spiro atoms. The Morgan fingerprint density at radius 1 is 0.973 bits per heavy atom. The highest BCUT2D eigenvalue weighted by atomic mass is 32.1. The van der Waals surface area contributed by atoms with Gasteiger partial charge in [-0.05, 0) is 62.9 Å². The van der Waals surface area contributed by atoms with Crippen molar-refractivity contribution >= 4 is 37.4 Å². The second-order valence-electron chi connectivity index (χ2n) is 9.56. The monoisotopic (exact) mass is 505 g/mol. The first kappa shape index (κ1) is 24.7. The third-order valence-corrected chi connectivity index (χ3v) is 7.74. The van der Waals surface area contributed by atoms with E-state index >= 15 is 0 Å². The van der Waals surface area contributed by atoms with Gasteiger partial charge in [0, 0.05) is 32.4 Å². The Kier molecular flexibility index (Phi) is 7.33. The van der Waals surface area contributed by atoms with Crippen molar-refractivity contribution in [1.82, 2.24) is 14.9 Å². The summed E-state index contributed by atoms with van der Waals surface area (Å²) < 4.78 is 4.42. The fourth-order valence-electron chi connectivity index (χ4n) is 4.57. The number of benzene rings is 3. The maximum Gasteiger partial charge on any atom is 0.270 e. The molecule has 0 aliphatic carbocycles. The van der Waals surface area contributed by atoms with E-state index in [0.29, 0.717) is 12.2 Å². The van der Waals surface area contributed by atoms with Gasteiger partial charge in [-0.15, -0.1) is 11.3 Å². The Morgan fingerprint density at radius 3 is 2.65 bits per heavy atom. The van der Waals surface area contributed by atoms with Crippen molar-refractivity contribution in [2.24, 2.45) is 0 Å². The van der Waals surface area contributed by atoms with E-state index < -0.39 is 0 Å². The van der Waals surface area contributed by atoms with Gasteiger partial charge in [0.25, 0.3) is 5.91 Å². The van der Waals surface area contributed by atoms with E-state index in [2.05, 4.69) is 97.8 Å². The molecular formula is C32H31N3OS. The maximum absolute atomic E-state index is 13.0. The summed E-state index contributed by atoms with van der Waals surface area (Å²) in [5.41, 5.74) is 6.35. The summed E-state index contributed by atoms with van der Waals surface area (Å²) >= 11 is 1.82. The van der Waals surface area contributed by atoms with Gasteiger partial charge in [0.1, 0.15) is 5.69 Å². The van der Waals surface area contributed by atoms with Crippen LogP contribution in [0.15, 0.2) is 103 Å². The minimum Gasteiger partial charge on any atom is -0.347 e. The number of carbonyl (C=O) groups excluding carboxylic acids is 1. The van der Waals surface area contributed by atoms with Crippen molar-refractivity contribution in [3.05, 3.63) is 108 Å². The standard InChI is InChI=1S/C32H31N3OS/c1-22(2)9-6-10-23(3)17-18-34-32(36)29-20-33-21-35(29)25-12-7-11-24(19-25)26-14-8-15-28-27-13-4-5-16-30(27)37-31(26)28/h4-5,7-9,11-17,19-21H,6,10,18H2,1-3H3,(H,34,36). The molecule has 186 valence electrons. The van der Waals surface area contributed by atoms with E-state index in [4.69, 9.17) is 0 Å². The molecule has 2 heterocycles. The Balaban J connectivity index is 1.38. The fraction of sp³-hybridized carbons (Fsp3) is 0.188. The quantitative estimate of drug-likeness (QED) is 0.215. The number of carbonyl (C=O) groups is 1. The predicted octanol–water partition coefficient (Wildman–Crippen LogP) is 8.33. The first-order chi connectivity index (χ1) is 18.0. The van der Waals surface area contributed by atoms with Crippen LogP contribution < -0.4 is 5.32 Å². The van der Waals surface area contributed by atoms with Crippen LogP contribution in [-0.2, 0) is 0 Å². The van der Waals surface area contributed by atoms with Gasteiger partial charge in [-0.3, -0.25) is 9.36 Å². The van der Waals surface area contributed by atoms with Gasteiger partial charge < -0.3 is 5.32 Å². The SMILES string of the molecule is CC(C)=CCCC(C)=CCNC(=O)c1cncn1-c1cccc(-c2cccc3c2sc2ccccc23)c1. The molecule has 0 bridgehead atoms. The zero-order chi connectivity index (χ0) is 25.8. The highest BCUT2D eigenvalue weighted by Crippen LogP contribution is 2.40. The van der Waals surface area contributed by atoms with Crippen molar-refractivity contribution in [1.29, 1.82) is 0 Å². The molecule has 5 rings (SSSR count). The van der Waals surface area contributed by atoms with Crippen molar-refractivity contribution in [2.75, 3.05) is 6.54 Å². The van der Waals surface area contributed by atoms with Gasteiger partial charge in [0.05, 0.1) is 12.5 Å². The molecule has 1 amide bonds. The zero-order valence-electron chi connectivity index (χ0n) is 21.5. The second-order valence-corrected chi connectivity index (χ2v) is 10.6. The normalized spacial score (nSPS) is 11.7. The van der Waals surface area contributed by atoms with Gasteiger partial charge in [-0.1, -0.05) is 71.8 Å². The third-order valence-electron chi connectivity index (χ3n) is 6.52. The van der Waals surface area contributed by atoms with Crippen LogP contribution in [0.25, 0.3) is 37.0 Å². The number of hydrogen-bond acceptors (Lipinski definition) is 3. The van der Waals surface area contributed by atoms with Crippen LogP contribution in [0, 0.1) is 0 Å². The van der Waals surface area contributed by atoms with Gasteiger partial charge in [-0.2, -0.15) is 0 Å². The molecule has 4 nitrogen and oxygen atoms in total. The molecule has 2 aromatic heterocycles. The Labute approximate surface area is 222 Å². The minimum absolute atomic E-state index is 0.136. The molecule has 0 saturated heterocycles. The molecule has 5 heteroatoms. The summed E-state index contributed by atoms with van der Waals surface area (Å²) in [5, 5.41) is 5.58. The molecule has 1 N–H and O–H groups in total. The van der Waals surface area contributed by atoms with Crippen LogP contribution in [0.5, 0.6) is 0 Å². The molecule has 37 heavy (non-hydrogen) atoms. The number of hydrogen-bond donors (Lipinski definition) is 1. The van der Waals surface area contributed by atoms with E-state index in [0.717, 1.165) is 24.1 Å². The summed E-state index contributed by atoms with van der Waals surface area (Å²) in [7, 11) is 0. The molecule has 0 radical (unpaired) electrons. The smallest absolute Gasteiger partial charge is 0.270 e. The van der Waals surface area contributed by atoms with Crippen molar-refractivity contribution in [3.8, 4) is 16.8 Å². The summed E-state index contributed by atoms with van der Waals surface area (Å²) in [4.78, 5) is 17.3. The first-order valence-electron chi connectivity index (χ1n) is 12.6. The largest absolute Gasteiger partial charge is 0.347 e. The molecule has 0 aliphatic heterocycles. The van der Waals surface area contributed by atoms with E-state index in [-0.39, 0.29) is 5.91 Å². The van der Waals surface area contributed by atoms with Crippen molar-refractivity contribution in [3.63, 3.8) is 0 Å². The third kappa shape index (κ3) is 5.42. The molecule has 0 aliphatic rings. The van der Waals surface area contributed by atoms with Crippen molar-refractivity contribution in [2.45, 2.75) is 33.6 Å². The molecule has 5 aromatic rings. The van der Waals surface area contributed by atoms with E-state index in [1.807, 2.05) is 28.0 Å². The molecular weight excluding hydrogens is 474 g/mol. The highest BCUT2D eigenvalue weighted by Gasteiger charge is 2.14. The number of rotatable bonds is 8. The van der Waals surface area contributed by atoms with Crippen LogP contribution in [0.3, 0.4) is 0 Å². The van der Waals surface area contributed by atoms with Crippen LogP contribution in [-0.4, -0.2) is 22.0 Å². The number of allylic oxidation sites excluding steroid dienone is 3. The summed E-state index contributed by atoms with van der Waals surface area (Å²) in [5.74, 6) is -0.136. The topological polar surface area (TPSA) is 46.9 Å². The van der Waals surface area contributed by atoms with Gasteiger partial charge in [0.15, 0.2) is 0 Å². The van der Waals surface area contributed by atoms with Gasteiger partial charge in [-0.25, -0.2) is 4.98 Å². The molecule has 0 atom stereocenters. The molecule has 0 saturated carbocycles. The number of imidazole rings is 1. The molecule has 0 unspecified atom stereocenters. The zero-order valence-corrected chi connectivity index (χ0v) is 22.3. The lowest BCUT2D eigenvalue weighted by atomic mass is 10.0. The van der Waals surface area contributed by atoms with E-state index in [9.17, 15) is 4.79 Å². The molecule has 0 fully saturated rings. The lowest BCUT2D eigenvalue weighted by molar-refractivity contribution is 0.0951. The lowest BCUT2D eigenvalue weighted by Gasteiger charge is -2.11. The second kappa shape index (κ2) is 11.0. The Bertz CT molecular complexity index is 1630. The number of aromatic nitrogens is 2. The number of nitrogens with one attached hydrogen (secondary N) is 1. The first-order valence-corrected chi connectivity index (χ1v) is 13.4. The van der Waals surface area contributed by atoms with E-state index in [1.54, 1.807) is 12.5 Å². The number of fused-ring (bicyclic) bond motifs is 3. The van der Waals surface area contributed by atoms with Crippen LogP contribution in [0.4, 0.5) is 0 Å². The van der Waals surface area contributed by atoms with Crippen molar-refractivity contribution < 1.29 is 4.79 Å². The van der Waals surface area contributed by atoms with E-state index in [1.165, 1.54) is 36.9 Å².